The fourth-order valence-corrected chi connectivity index (χ4v) is 10.1. The second-order valence-corrected chi connectivity index (χ2v) is 16.6. The summed E-state index contributed by atoms with van der Waals surface area (Å²) in [5, 5.41) is 13.6. The zero-order valence-corrected chi connectivity index (χ0v) is 36.1. The summed E-state index contributed by atoms with van der Waals surface area (Å²) in [6.45, 7) is 7.52. The molecule has 1 aromatic carbocycles. The number of hydrogen-bond donors (Lipinski definition) is 1. The quantitative estimate of drug-likeness (QED) is 0.281. The third kappa shape index (κ3) is 8.11. The minimum absolute atomic E-state index is 0.0407. The first kappa shape index (κ1) is 46.6. The van der Waals surface area contributed by atoms with Crippen LogP contribution >= 0.6 is 0 Å². The highest BCUT2D eigenvalue weighted by Gasteiger charge is 2.92. The summed E-state index contributed by atoms with van der Waals surface area (Å²) >= 11 is 0. The van der Waals surface area contributed by atoms with Crippen LogP contribution in [0.15, 0.2) is 48.7 Å². The van der Waals surface area contributed by atoms with E-state index in [2.05, 4.69) is 4.98 Å². The molecule has 3 heterocycles. The lowest BCUT2D eigenvalue weighted by Gasteiger charge is -2.67. The van der Waals surface area contributed by atoms with Crippen LogP contribution in [0.1, 0.15) is 107 Å². The second kappa shape index (κ2) is 17.7. The summed E-state index contributed by atoms with van der Waals surface area (Å²) in [7, 11) is 0. The van der Waals surface area contributed by atoms with Crippen LogP contribution in [0.3, 0.4) is 0 Å². The normalized spacial score (nSPS) is 34.6. The van der Waals surface area contributed by atoms with Gasteiger partial charge in [-0.25, -0.2) is 9.59 Å². The van der Waals surface area contributed by atoms with Crippen molar-refractivity contribution in [2.24, 2.45) is 11.3 Å². The van der Waals surface area contributed by atoms with E-state index in [1.54, 1.807) is 6.07 Å². The standard InChI is InChI=1S/C44H51NO18/c1-9-27-17-18-30(51)61-36-34(58-24(4)48)38(62-39(52)28-14-11-10-12-15-28)43(21-55-22(2)46)37(60-26(6)50)33(57-23(3)47)31-35(59-25(5)49)44(43,42(36,8)54)63-41(31,7)20-56-40(53)29-16-13-19-45-32(27)29/h10-16,19,27,31,33-38,54H,9,17-18,20-21H2,1-8H3/t27-,31-,33-,34+,35+,36+,37-,38+,41+,42+,43-,44+/m1/s1. The lowest BCUT2D eigenvalue weighted by Crippen LogP contribution is -2.89. The SMILES string of the molecule is CC[C@@H]1CCC(=O)O[C@H]2[C@H](OC(C)=O)[C@H](OC(=O)c3ccccc3)[C@@]3(COC(C)=O)[C@H](OC(C)=O)[C@H](OC(C)=O)[C@@H]4[C@H](OC(C)=O)[C@]3(O[C@@]4(C)COC(=O)c3cccnc31)[C@@]2(C)O. The molecule has 3 fully saturated rings. The molecule has 12 atom stereocenters. The van der Waals surface area contributed by atoms with Gasteiger partial charge in [-0.2, -0.15) is 0 Å². The lowest BCUT2D eigenvalue weighted by atomic mass is 9.45. The molecule has 0 unspecified atom stereocenters. The number of rotatable bonds is 9. The van der Waals surface area contributed by atoms with Crippen molar-refractivity contribution in [2.75, 3.05) is 13.2 Å². The van der Waals surface area contributed by atoms with E-state index in [1.807, 2.05) is 6.92 Å². The number of pyridine rings is 1. The van der Waals surface area contributed by atoms with Gasteiger partial charge >= 0.3 is 47.8 Å². The molecule has 2 aliphatic carbocycles. The smallest absolute Gasteiger partial charge is 0.340 e. The number of esters is 8. The Balaban J connectivity index is 1.78. The molecule has 2 aliphatic heterocycles. The van der Waals surface area contributed by atoms with Gasteiger partial charge in [-0.15, -0.1) is 0 Å². The number of aromatic nitrogens is 1. The van der Waals surface area contributed by atoms with Crippen molar-refractivity contribution in [3.8, 4) is 0 Å². The van der Waals surface area contributed by atoms with Crippen LogP contribution in [0.5, 0.6) is 0 Å². The molecule has 2 aromatic rings. The van der Waals surface area contributed by atoms with Gasteiger partial charge < -0.3 is 47.7 Å². The highest BCUT2D eigenvalue weighted by Crippen LogP contribution is 2.70. The number of ether oxygens (including phenoxy) is 9. The highest BCUT2D eigenvalue weighted by atomic mass is 16.7. The van der Waals surface area contributed by atoms with Gasteiger partial charge in [0.1, 0.15) is 42.0 Å². The van der Waals surface area contributed by atoms with Gasteiger partial charge in [0, 0.05) is 53.2 Å². The maximum atomic E-state index is 14.4. The van der Waals surface area contributed by atoms with E-state index >= 15 is 0 Å². The summed E-state index contributed by atoms with van der Waals surface area (Å²) in [5.41, 5.74) is -10.1. The van der Waals surface area contributed by atoms with Gasteiger partial charge in [0.2, 0.25) is 0 Å². The Morgan fingerprint density at radius 3 is 1.98 bits per heavy atom. The first-order chi connectivity index (χ1) is 29.6. The van der Waals surface area contributed by atoms with Crippen molar-refractivity contribution in [3.63, 3.8) is 0 Å². The van der Waals surface area contributed by atoms with Crippen LogP contribution in [0.4, 0.5) is 0 Å². The number of carbonyl (C=O) groups is 8. The van der Waals surface area contributed by atoms with Gasteiger partial charge in [0.05, 0.1) is 22.7 Å². The van der Waals surface area contributed by atoms with Crippen LogP contribution in [-0.4, -0.2) is 124 Å². The maximum Gasteiger partial charge on any atom is 0.340 e. The number of carbonyl (C=O) groups excluding carboxylic acids is 8. The predicted octanol–water partition coefficient (Wildman–Crippen LogP) is 2.86. The number of cyclic esters (lactones) is 1. The molecule has 0 amide bonds. The monoisotopic (exact) mass is 881 g/mol. The van der Waals surface area contributed by atoms with E-state index in [-0.39, 0.29) is 24.0 Å². The van der Waals surface area contributed by atoms with Crippen molar-refractivity contribution in [1.82, 2.24) is 4.98 Å². The molecule has 63 heavy (non-hydrogen) atoms. The molecule has 1 aromatic heterocycles. The van der Waals surface area contributed by atoms with Crippen molar-refractivity contribution < 1.29 is 86.1 Å². The van der Waals surface area contributed by atoms with Crippen LogP contribution in [0.2, 0.25) is 0 Å². The first-order valence-electron chi connectivity index (χ1n) is 20.5. The number of nitrogens with zero attached hydrogens (tertiary/aromatic N) is 1. The summed E-state index contributed by atoms with van der Waals surface area (Å²) in [5.74, 6) is -10.1. The lowest BCUT2D eigenvalue weighted by molar-refractivity contribution is -0.385. The third-order valence-corrected chi connectivity index (χ3v) is 12.4. The summed E-state index contributed by atoms with van der Waals surface area (Å²) in [6, 6.07) is 10.4. The van der Waals surface area contributed by atoms with Crippen molar-refractivity contribution in [2.45, 2.75) is 134 Å². The Kier molecular flexibility index (Phi) is 13.1. The van der Waals surface area contributed by atoms with E-state index in [0.717, 1.165) is 41.5 Å². The molecular formula is C44H51NO18. The van der Waals surface area contributed by atoms with Crippen LogP contribution < -0.4 is 0 Å². The molecule has 2 saturated carbocycles. The summed E-state index contributed by atoms with van der Waals surface area (Å²) < 4.78 is 55.5. The van der Waals surface area contributed by atoms with E-state index in [9.17, 15) is 43.5 Å². The van der Waals surface area contributed by atoms with Crippen molar-refractivity contribution in [1.29, 1.82) is 0 Å². The van der Waals surface area contributed by atoms with E-state index in [4.69, 9.17) is 42.6 Å². The molecule has 6 rings (SSSR count). The molecule has 1 saturated heterocycles. The largest absolute Gasteiger partial charge is 0.465 e. The average molecular weight is 882 g/mol. The van der Waals surface area contributed by atoms with E-state index in [0.29, 0.717) is 12.1 Å². The molecule has 1 spiro atoms. The van der Waals surface area contributed by atoms with Crippen molar-refractivity contribution >= 4 is 47.8 Å². The fraction of sp³-hybridized carbons (Fsp3) is 0.568. The number of fused-ring (bicyclic) bond motifs is 5. The predicted molar refractivity (Wildman–Crippen MR) is 210 cm³/mol. The van der Waals surface area contributed by atoms with Crippen LogP contribution in [-0.2, 0) is 71.4 Å². The molecule has 1 N–H and O–H groups in total. The van der Waals surface area contributed by atoms with Crippen LogP contribution in [0.25, 0.3) is 0 Å². The molecule has 19 heteroatoms. The maximum absolute atomic E-state index is 14.4. The van der Waals surface area contributed by atoms with Crippen molar-refractivity contribution in [3.05, 3.63) is 65.5 Å². The molecule has 0 radical (unpaired) electrons. The van der Waals surface area contributed by atoms with E-state index in [1.165, 1.54) is 49.5 Å². The highest BCUT2D eigenvalue weighted by molar-refractivity contribution is 5.91. The Morgan fingerprint density at radius 1 is 0.778 bits per heavy atom. The van der Waals surface area contributed by atoms with Gasteiger partial charge in [-0.1, -0.05) is 25.1 Å². The number of hydrogen-bond acceptors (Lipinski definition) is 19. The van der Waals surface area contributed by atoms with Gasteiger partial charge in [0.15, 0.2) is 30.0 Å². The zero-order chi connectivity index (χ0) is 46.2. The fourth-order valence-electron chi connectivity index (χ4n) is 10.1. The Morgan fingerprint density at radius 2 is 1.38 bits per heavy atom. The molecular weight excluding hydrogens is 830 g/mol. The zero-order valence-electron chi connectivity index (χ0n) is 36.1. The topological polar surface area (TPSA) is 253 Å². The first-order valence-corrected chi connectivity index (χ1v) is 20.5. The molecule has 4 bridgehead atoms. The molecule has 4 aliphatic rings. The molecule has 19 nitrogen and oxygen atoms in total. The van der Waals surface area contributed by atoms with Crippen LogP contribution in [0, 0.1) is 11.3 Å². The number of aliphatic hydroxyl groups is 1. The Hall–Kier alpha value is -5.95. The van der Waals surface area contributed by atoms with E-state index < -0.39 is 132 Å². The Labute approximate surface area is 362 Å². The average Bonchev–Trinajstić information content (AvgIpc) is 3.43. The van der Waals surface area contributed by atoms with Gasteiger partial charge in [-0.05, 0) is 51.0 Å². The van der Waals surface area contributed by atoms with Gasteiger partial charge in [0.25, 0.3) is 0 Å². The summed E-state index contributed by atoms with van der Waals surface area (Å²) in [6.07, 6.45) is -10.6. The number of benzene rings is 1. The Bertz CT molecular complexity index is 2160. The summed E-state index contributed by atoms with van der Waals surface area (Å²) in [4.78, 5) is 114. The second-order valence-electron chi connectivity index (χ2n) is 16.6. The minimum Gasteiger partial charge on any atom is -0.465 e. The van der Waals surface area contributed by atoms with Gasteiger partial charge in [-0.3, -0.25) is 33.8 Å². The third-order valence-electron chi connectivity index (χ3n) is 12.4. The minimum atomic E-state index is -2.84. The molecule has 340 valence electrons.